The summed E-state index contributed by atoms with van der Waals surface area (Å²) in [6.45, 7) is 0. The summed E-state index contributed by atoms with van der Waals surface area (Å²) in [6, 6.07) is 21.9. The van der Waals surface area contributed by atoms with Gasteiger partial charge in [-0.05, 0) is 36.4 Å². The van der Waals surface area contributed by atoms with E-state index in [0.717, 1.165) is 28.7 Å². The highest BCUT2D eigenvalue weighted by atomic mass is 16.5. The molecule has 0 saturated carbocycles. The fourth-order valence-corrected chi connectivity index (χ4v) is 2.44. The Bertz CT molecular complexity index is 710. The summed E-state index contributed by atoms with van der Waals surface area (Å²) in [5, 5.41) is 0. The summed E-state index contributed by atoms with van der Waals surface area (Å²) in [6.07, 6.45) is 1.80. The zero-order valence-corrected chi connectivity index (χ0v) is 10.7. The standard InChI is InChI=1S/C17H12N2O/c1-3-9-15-13(7-1)19(17-11-5-6-12-18-17)14-8-2-4-10-16(14)20-15/h1-12H. The zero-order chi connectivity index (χ0) is 13.4. The second kappa shape index (κ2) is 4.38. The van der Waals surface area contributed by atoms with Crippen LogP contribution in [-0.4, -0.2) is 4.98 Å². The van der Waals surface area contributed by atoms with Gasteiger partial charge in [0.15, 0.2) is 11.5 Å². The molecule has 3 heteroatoms. The van der Waals surface area contributed by atoms with E-state index >= 15 is 0 Å². The molecule has 0 atom stereocenters. The molecule has 0 bridgehead atoms. The molecule has 2 aromatic carbocycles. The molecule has 2 heterocycles. The third kappa shape index (κ3) is 1.64. The van der Waals surface area contributed by atoms with Crippen LogP contribution >= 0.6 is 0 Å². The van der Waals surface area contributed by atoms with Crippen molar-refractivity contribution >= 4 is 17.2 Å². The van der Waals surface area contributed by atoms with Crippen molar-refractivity contribution < 1.29 is 4.74 Å². The van der Waals surface area contributed by atoms with E-state index in [0.29, 0.717) is 0 Å². The van der Waals surface area contributed by atoms with Crippen molar-refractivity contribution in [3.8, 4) is 11.5 Å². The number of hydrogen-bond acceptors (Lipinski definition) is 3. The van der Waals surface area contributed by atoms with Gasteiger partial charge in [-0.15, -0.1) is 0 Å². The molecule has 0 saturated heterocycles. The molecule has 1 aliphatic rings. The predicted molar refractivity (Wildman–Crippen MR) is 79.0 cm³/mol. The van der Waals surface area contributed by atoms with Crippen molar-refractivity contribution in [2.24, 2.45) is 0 Å². The number of rotatable bonds is 1. The first-order valence-electron chi connectivity index (χ1n) is 6.50. The number of aromatic nitrogens is 1. The van der Waals surface area contributed by atoms with E-state index in [1.807, 2.05) is 66.7 Å². The third-order valence-corrected chi connectivity index (χ3v) is 3.31. The first-order valence-corrected chi connectivity index (χ1v) is 6.50. The minimum Gasteiger partial charge on any atom is -0.453 e. The van der Waals surface area contributed by atoms with Crippen molar-refractivity contribution in [2.45, 2.75) is 0 Å². The minimum absolute atomic E-state index is 0.844. The molecule has 20 heavy (non-hydrogen) atoms. The quantitative estimate of drug-likeness (QED) is 0.498. The van der Waals surface area contributed by atoms with Gasteiger partial charge in [-0.2, -0.15) is 0 Å². The monoisotopic (exact) mass is 260 g/mol. The van der Waals surface area contributed by atoms with Crippen LogP contribution in [0.4, 0.5) is 17.2 Å². The van der Waals surface area contributed by atoms with Crippen LogP contribution in [0.5, 0.6) is 11.5 Å². The second-order valence-electron chi connectivity index (χ2n) is 4.56. The molecule has 4 rings (SSSR count). The van der Waals surface area contributed by atoms with Gasteiger partial charge in [0.2, 0.25) is 0 Å². The van der Waals surface area contributed by atoms with Gasteiger partial charge in [0.05, 0.1) is 11.4 Å². The molecule has 0 radical (unpaired) electrons. The van der Waals surface area contributed by atoms with Crippen LogP contribution in [0.1, 0.15) is 0 Å². The van der Waals surface area contributed by atoms with E-state index in [2.05, 4.69) is 9.88 Å². The normalized spacial score (nSPS) is 12.3. The van der Waals surface area contributed by atoms with Gasteiger partial charge in [-0.1, -0.05) is 30.3 Å². The molecule has 3 aromatic rings. The van der Waals surface area contributed by atoms with Gasteiger partial charge in [0.1, 0.15) is 5.82 Å². The third-order valence-electron chi connectivity index (χ3n) is 3.31. The number of nitrogens with zero attached hydrogens (tertiary/aromatic N) is 2. The molecular formula is C17H12N2O. The fraction of sp³-hybridized carbons (Fsp3) is 0. The van der Waals surface area contributed by atoms with E-state index in [-0.39, 0.29) is 0 Å². The van der Waals surface area contributed by atoms with Gasteiger partial charge in [0, 0.05) is 6.20 Å². The van der Waals surface area contributed by atoms with Crippen LogP contribution in [0.3, 0.4) is 0 Å². The molecule has 1 aromatic heterocycles. The number of pyridine rings is 1. The molecule has 0 unspecified atom stereocenters. The lowest BCUT2D eigenvalue weighted by atomic mass is 10.1. The van der Waals surface area contributed by atoms with Gasteiger partial charge >= 0.3 is 0 Å². The Hall–Kier alpha value is -2.81. The molecular weight excluding hydrogens is 248 g/mol. The Morgan fingerprint density at radius 3 is 1.90 bits per heavy atom. The lowest BCUT2D eigenvalue weighted by Crippen LogP contribution is -2.16. The Morgan fingerprint density at radius 2 is 1.30 bits per heavy atom. The van der Waals surface area contributed by atoms with E-state index in [1.54, 1.807) is 6.20 Å². The van der Waals surface area contributed by atoms with Crippen molar-refractivity contribution in [1.82, 2.24) is 4.98 Å². The Balaban J connectivity index is 1.98. The van der Waals surface area contributed by atoms with Crippen LogP contribution in [0.2, 0.25) is 0 Å². The largest absolute Gasteiger partial charge is 0.453 e. The second-order valence-corrected chi connectivity index (χ2v) is 4.56. The number of anilines is 3. The minimum atomic E-state index is 0.844. The molecule has 0 N–H and O–H groups in total. The first kappa shape index (κ1) is 11.1. The molecule has 0 fully saturated rings. The maximum atomic E-state index is 5.96. The summed E-state index contributed by atoms with van der Waals surface area (Å²) in [4.78, 5) is 6.59. The number of ether oxygens (including phenoxy) is 1. The lowest BCUT2D eigenvalue weighted by Gasteiger charge is -2.31. The van der Waals surface area contributed by atoms with Gasteiger partial charge < -0.3 is 4.74 Å². The summed E-state index contributed by atoms with van der Waals surface area (Å²) < 4.78 is 5.96. The molecule has 0 aliphatic carbocycles. The van der Waals surface area contributed by atoms with Gasteiger partial charge in [-0.25, -0.2) is 4.98 Å². The van der Waals surface area contributed by atoms with Crippen LogP contribution < -0.4 is 9.64 Å². The topological polar surface area (TPSA) is 25.4 Å². The number of hydrogen-bond donors (Lipinski definition) is 0. The summed E-state index contributed by atoms with van der Waals surface area (Å²) in [5.41, 5.74) is 2.01. The van der Waals surface area contributed by atoms with Crippen molar-refractivity contribution in [3.63, 3.8) is 0 Å². The van der Waals surface area contributed by atoms with Crippen molar-refractivity contribution in [2.75, 3.05) is 4.90 Å². The van der Waals surface area contributed by atoms with Crippen LogP contribution in [0.25, 0.3) is 0 Å². The van der Waals surface area contributed by atoms with Crippen LogP contribution in [-0.2, 0) is 0 Å². The highest BCUT2D eigenvalue weighted by Crippen LogP contribution is 2.49. The van der Waals surface area contributed by atoms with E-state index in [4.69, 9.17) is 4.74 Å². The smallest absolute Gasteiger partial charge is 0.151 e. The Kier molecular flexibility index (Phi) is 2.42. The SMILES string of the molecule is c1ccc(N2c3ccccc3Oc3ccccc32)nc1. The van der Waals surface area contributed by atoms with Crippen molar-refractivity contribution in [3.05, 3.63) is 72.9 Å². The highest BCUT2D eigenvalue weighted by molar-refractivity contribution is 5.84. The highest BCUT2D eigenvalue weighted by Gasteiger charge is 2.25. The average molecular weight is 260 g/mol. The summed E-state index contributed by atoms with van der Waals surface area (Å²) in [7, 11) is 0. The molecule has 0 amide bonds. The summed E-state index contributed by atoms with van der Waals surface area (Å²) in [5.74, 6) is 2.57. The van der Waals surface area contributed by atoms with Crippen LogP contribution in [0.15, 0.2) is 72.9 Å². The zero-order valence-electron chi connectivity index (χ0n) is 10.7. The number of para-hydroxylation sites is 4. The Labute approximate surface area is 117 Å². The molecule has 3 nitrogen and oxygen atoms in total. The van der Waals surface area contributed by atoms with Crippen molar-refractivity contribution in [1.29, 1.82) is 0 Å². The van der Waals surface area contributed by atoms with E-state index in [9.17, 15) is 0 Å². The predicted octanol–water partition coefficient (Wildman–Crippen LogP) is 4.66. The lowest BCUT2D eigenvalue weighted by molar-refractivity contribution is 0.476. The maximum absolute atomic E-state index is 5.96. The van der Waals surface area contributed by atoms with E-state index in [1.165, 1.54) is 0 Å². The first-order chi connectivity index (χ1) is 9.93. The van der Waals surface area contributed by atoms with Gasteiger partial charge in [0.25, 0.3) is 0 Å². The molecule has 1 aliphatic heterocycles. The summed E-state index contributed by atoms with van der Waals surface area (Å²) >= 11 is 0. The number of fused-ring (bicyclic) bond motifs is 2. The molecule has 96 valence electrons. The fourth-order valence-electron chi connectivity index (χ4n) is 2.44. The van der Waals surface area contributed by atoms with E-state index < -0.39 is 0 Å². The van der Waals surface area contributed by atoms with Crippen LogP contribution in [0, 0.1) is 0 Å². The number of benzene rings is 2. The maximum Gasteiger partial charge on any atom is 0.151 e. The van der Waals surface area contributed by atoms with Gasteiger partial charge in [-0.3, -0.25) is 4.90 Å². The average Bonchev–Trinajstić information content (AvgIpc) is 2.53. The molecule has 0 spiro atoms. The Morgan fingerprint density at radius 1 is 0.700 bits per heavy atom.